The topological polar surface area (TPSA) is 20.7 Å². The van der Waals surface area contributed by atoms with Crippen molar-refractivity contribution in [2.45, 2.75) is 44.6 Å². The van der Waals surface area contributed by atoms with Gasteiger partial charge in [0, 0.05) is 18.4 Å². The lowest BCUT2D eigenvalue weighted by atomic mass is 10.1. The number of H-pyrrole nitrogens is 1. The maximum absolute atomic E-state index is 5.22. The molecule has 0 saturated heterocycles. The molecule has 1 heterocycles. The van der Waals surface area contributed by atoms with E-state index in [1.165, 1.54) is 38.5 Å². The Balaban J connectivity index is 2.15. The minimum Gasteiger partial charge on any atom is -0.337 e. The molecule has 1 fully saturated rings. The highest BCUT2D eigenvalue weighted by Crippen LogP contribution is 2.26. The largest absolute Gasteiger partial charge is 0.337 e. The van der Waals surface area contributed by atoms with Gasteiger partial charge < -0.3 is 9.55 Å². The predicted molar refractivity (Wildman–Crippen MR) is 56.4 cm³/mol. The molecule has 13 heavy (non-hydrogen) atoms. The SMILES string of the molecule is S=c1[nH]ccn1C1CCCCCC1. The van der Waals surface area contributed by atoms with E-state index < -0.39 is 0 Å². The van der Waals surface area contributed by atoms with Crippen LogP contribution in [0.1, 0.15) is 44.6 Å². The van der Waals surface area contributed by atoms with Crippen LogP contribution in [0.25, 0.3) is 0 Å². The van der Waals surface area contributed by atoms with Crippen LogP contribution in [-0.4, -0.2) is 9.55 Å². The van der Waals surface area contributed by atoms with Gasteiger partial charge in [0.1, 0.15) is 0 Å². The number of aromatic amines is 1. The molecule has 72 valence electrons. The van der Waals surface area contributed by atoms with Crippen LogP contribution in [0, 0.1) is 4.77 Å². The maximum Gasteiger partial charge on any atom is 0.177 e. The van der Waals surface area contributed by atoms with Crippen molar-refractivity contribution < 1.29 is 0 Å². The summed E-state index contributed by atoms with van der Waals surface area (Å²) in [5.74, 6) is 0. The van der Waals surface area contributed by atoms with Crippen LogP contribution in [0.5, 0.6) is 0 Å². The summed E-state index contributed by atoms with van der Waals surface area (Å²) in [6.07, 6.45) is 12.1. The highest BCUT2D eigenvalue weighted by atomic mass is 32.1. The van der Waals surface area contributed by atoms with Gasteiger partial charge in [0.15, 0.2) is 4.77 Å². The maximum atomic E-state index is 5.22. The van der Waals surface area contributed by atoms with Gasteiger partial charge in [0.05, 0.1) is 0 Å². The molecule has 2 rings (SSSR count). The van der Waals surface area contributed by atoms with Crippen LogP contribution in [-0.2, 0) is 0 Å². The lowest BCUT2D eigenvalue weighted by Gasteiger charge is -2.15. The second kappa shape index (κ2) is 4.09. The number of aromatic nitrogens is 2. The molecule has 3 heteroatoms. The molecule has 1 saturated carbocycles. The number of imidazole rings is 1. The molecule has 0 aliphatic heterocycles. The van der Waals surface area contributed by atoms with Crippen molar-refractivity contribution in [3.63, 3.8) is 0 Å². The van der Waals surface area contributed by atoms with E-state index in [1.54, 1.807) is 0 Å². The fourth-order valence-electron chi connectivity index (χ4n) is 2.15. The second-order valence-electron chi connectivity index (χ2n) is 3.82. The lowest BCUT2D eigenvalue weighted by molar-refractivity contribution is 0.439. The number of hydrogen-bond acceptors (Lipinski definition) is 1. The molecule has 1 aliphatic rings. The first kappa shape index (κ1) is 9.00. The molecule has 0 aromatic carbocycles. The zero-order valence-electron chi connectivity index (χ0n) is 7.83. The van der Waals surface area contributed by atoms with E-state index >= 15 is 0 Å². The average molecular weight is 196 g/mol. The Morgan fingerprint density at radius 2 is 1.92 bits per heavy atom. The normalized spacial score (nSPS) is 20.0. The summed E-state index contributed by atoms with van der Waals surface area (Å²) in [6, 6.07) is 0.654. The average Bonchev–Trinajstić information content (AvgIpc) is 2.43. The Hall–Kier alpha value is -0.570. The van der Waals surface area contributed by atoms with Crippen molar-refractivity contribution in [3.05, 3.63) is 17.2 Å². The van der Waals surface area contributed by atoms with Crippen molar-refractivity contribution in [1.82, 2.24) is 9.55 Å². The third kappa shape index (κ3) is 2.02. The standard InChI is InChI=1S/C10H16N2S/c13-10-11-7-8-12(10)9-5-3-1-2-4-6-9/h7-9H,1-6H2,(H,11,13). The molecule has 0 spiro atoms. The predicted octanol–water partition coefficient (Wildman–Crippen LogP) is 3.44. The van der Waals surface area contributed by atoms with E-state index in [-0.39, 0.29) is 0 Å². The van der Waals surface area contributed by atoms with Gasteiger partial charge in [-0.1, -0.05) is 25.7 Å². The summed E-state index contributed by atoms with van der Waals surface area (Å²) in [7, 11) is 0. The van der Waals surface area contributed by atoms with E-state index in [0.29, 0.717) is 6.04 Å². The first-order chi connectivity index (χ1) is 6.38. The summed E-state index contributed by atoms with van der Waals surface area (Å²) in [6.45, 7) is 0. The molecule has 0 unspecified atom stereocenters. The highest BCUT2D eigenvalue weighted by molar-refractivity contribution is 7.71. The van der Waals surface area contributed by atoms with E-state index in [9.17, 15) is 0 Å². The zero-order chi connectivity index (χ0) is 9.10. The van der Waals surface area contributed by atoms with Gasteiger partial charge >= 0.3 is 0 Å². The van der Waals surface area contributed by atoms with E-state index in [1.807, 2.05) is 6.20 Å². The molecule has 1 aromatic heterocycles. The van der Waals surface area contributed by atoms with Gasteiger partial charge in [-0.25, -0.2) is 0 Å². The van der Waals surface area contributed by atoms with Crippen LogP contribution in [0.15, 0.2) is 12.4 Å². The summed E-state index contributed by atoms with van der Waals surface area (Å²) in [4.78, 5) is 3.06. The Morgan fingerprint density at radius 1 is 1.23 bits per heavy atom. The van der Waals surface area contributed by atoms with Crippen molar-refractivity contribution in [2.75, 3.05) is 0 Å². The van der Waals surface area contributed by atoms with E-state index in [0.717, 1.165) is 4.77 Å². The fourth-order valence-corrected chi connectivity index (χ4v) is 2.43. The van der Waals surface area contributed by atoms with Crippen LogP contribution >= 0.6 is 12.2 Å². The van der Waals surface area contributed by atoms with Crippen LogP contribution in [0.2, 0.25) is 0 Å². The van der Waals surface area contributed by atoms with Crippen molar-refractivity contribution in [1.29, 1.82) is 0 Å². The van der Waals surface area contributed by atoms with Crippen molar-refractivity contribution in [3.8, 4) is 0 Å². The first-order valence-electron chi connectivity index (χ1n) is 5.13. The Morgan fingerprint density at radius 3 is 2.46 bits per heavy atom. The zero-order valence-corrected chi connectivity index (χ0v) is 8.65. The van der Waals surface area contributed by atoms with Gasteiger partial charge in [-0.2, -0.15) is 0 Å². The Kier molecular flexibility index (Phi) is 2.83. The minimum atomic E-state index is 0.654. The molecule has 0 bridgehead atoms. The summed E-state index contributed by atoms with van der Waals surface area (Å²) in [5.41, 5.74) is 0. The summed E-state index contributed by atoms with van der Waals surface area (Å²) in [5, 5.41) is 0. The summed E-state index contributed by atoms with van der Waals surface area (Å²) < 4.78 is 3.10. The van der Waals surface area contributed by atoms with Gasteiger partial charge in [0.25, 0.3) is 0 Å². The minimum absolute atomic E-state index is 0.654. The lowest BCUT2D eigenvalue weighted by Crippen LogP contribution is -2.06. The molecule has 1 aromatic rings. The molecular weight excluding hydrogens is 180 g/mol. The highest BCUT2D eigenvalue weighted by Gasteiger charge is 2.13. The van der Waals surface area contributed by atoms with Gasteiger partial charge in [0.2, 0.25) is 0 Å². The smallest absolute Gasteiger partial charge is 0.177 e. The number of nitrogens with one attached hydrogen (secondary N) is 1. The molecule has 1 aliphatic carbocycles. The Labute approximate surface area is 84.0 Å². The van der Waals surface area contributed by atoms with Gasteiger partial charge in [-0.3, -0.25) is 0 Å². The van der Waals surface area contributed by atoms with Crippen LogP contribution in [0.4, 0.5) is 0 Å². The quantitative estimate of drug-likeness (QED) is 0.539. The van der Waals surface area contributed by atoms with Crippen molar-refractivity contribution >= 4 is 12.2 Å². The molecule has 2 nitrogen and oxygen atoms in total. The number of nitrogens with zero attached hydrogens (tertiary/aromatic N) is 1. The van der Waals surface area contributed by atoms with E-state index in [4.69, 9.17) is 12.2 Å². The van der Waals surface area contributed by atoms with E-state index in [2.05, 4.69) is 15.7 Å². The third-order valence-electron chi connectivity index (χ3n) is 2.89. The van der Waals surface area contributed by atoms with Crippen LogP contribution in [0.3, 0.4) is 0 Å². The Bertz CT molecular complexity index is 305. The molecule has 0 atom stereocenters. The van der Waals surface area contributed by atoms with Gasteiger partial charge in [-0.15, -0.1) is 0 Å². The molecule has 0 radical (unpaired) electrons. The second-order valence-corrected chi connectivity index (χ2v) is 4.20. The van der Waals surface area contributed by atoms with Crippen LogP contribution < -0.4 is 0 Å². The summed E-state index contributed by atoms with van der Waals surface area (Å²) >= 11 is 5.22. The first-order valence-corrected chi connectivity index (χ1v) is 5.54. The molecule has 0 amide bonds. The number of hydrogen-bond donors (Lipinski definition) is 1. The molecular formula is C10H16N2S. The van der Waals surface area contributed by atoms with Crippen molar-refractivity contribution in [2.24, 2.45) is 0 Å². The number of rotatable bonds is 1. The van der Waals surface area contributed by atoms with Gasteiger partial charge in [-0.05, 0) is 25.1 Å². The monoisotopic (exact) mass is 196 g/mol. The third-order valence-corrected chi connectivity index (χ3v) is 3.22. The molecule has 1 N–H and O–H groups in total. The fraction of sp³-hybridized carbons (Fsp3) is 0.700.